The molecule has 4 rings (SSSR count). The van der Waals surface area contributed by atoms with Crippen LogP contribution >= 0.6 is 0 Å². The molecule has 29 heavy (non-hydrogen) atoms. The average molecular weight is 409 g/mol. The summed E-state index contributed by atoms with van der Waals surface area (Å²) in [6, 6.07) is 16.5. The standard InChI is InChI=1S/C21H13N3O4.K/c25-20(26)14-9-7-13(8-10-14)19-18(21(27)28-24-19)17(15-5-1-3-11-22-15)16-6-2-4-12-23-16;/h1-12H,(H,25,26);/q;+1/p-1. The molecule has 0 fully saturated rings. The van der Waals surface area contributed by atoms with Crippen molar-refractivity contribution in [1.82, 2.24) is 9.97 Å². The second-order valence-corrected chi connectivity index (χ2v) is 5.86. The second kappa shape index (κ2) is 9.34. The summed E-state index contributed by atoms with van der Waals surface area (Å²) in [5.74, 6) is -1.92. The molecule has 0 saturated heterocycles. The van der Waals surface area contributed by atoms with Crippen molar-refractivity contribution in [3.05, 3.63) is 101 Å². The number of pyridine rings is 2. The molecule has 0 atom stereocenters. The fourth-order valence-electron chi connectivity index (χ4n) is 2.87. The van der Waals surface area contributed by atoms with E-state index >= 15 is 0 Å². The van der Waals surface area contributed by atoms with E-state index in [-0.39, 0.29) is 68.2 Å². The predicted molar refractivity (Wildman–Crippen MR) is 97.9 cm³/mol. The molecule has 1 aliphatic rings. The molecule has 0 radical (unpaired) electrons. The van der Waals surface area contributed by atoms with E-state index in [1.807, 2.05) is 0 Å². The third kappa shape index (κ3) is 4.41. The van der Waals surface area contributed by atoms with Crippen molar-refractivity contribution in [2.75, 3.05) is 0 Å². The fourth-order valence-corrected chi connectivity index (χ4v) is 2.87. The van der Waals surface area contributed by atoms with Crippen molar-refractivity contribution in [1.29, 1.82) is 0 Å². The first-order chi connectivity index (χ1) is 13.6. The van der Waals surface area contributed by atoms with Gasteiger partial charge in [-0.05, 0) is 29.8 Å². The number of hydrogen-bond acceptors (Lipinski definition) is 7. The Balaban J connectivity index is 0.00000240. The van der Waals surface area contributed by atoms with Crippen LogP contribution in [0.3, 0.4) is 0 Å². The maximum atomic E-state index is 12.6. The molecule has 2 aromatic heterocycles. The van der Waals surface area contributed by atoms with Gasteiger partial charge in [-0.2, -0.15) is 0 Å². The van der Waals surface area contributed by atoms with Crippen molar-refractivity contribution in [3.63, 3.8) is 0 Å². The molecule has 0 aliphatic carbocycles. The number of carboxylic acid groups (broad SMARTS) is 1. The van der Waals surface area contributed by atoms with Crippen LogP contribution in [0.5, 0.6) is 0 Å². The first-order valence-electron chi connectivity index (χ1n) is 8.34. The number of benzene rings is 1. The Hall–Kier alpha value is -2.49. The van der Waals surface area contributed by atoms with Crippen LogP contribution in [0, 0.1) is 0 Å². The van der Waals surface area contributed by atoms with Crippen LogP contribution in [0.2, 0.25) is 0 Å². The van der Waals surface area contributed by atoms with Gasteiger partial charge in [0.1, 0.15) is 11.3 Å². The number of aromatic carboxylic acids is 1. The molecule has 0 N–H and O–H groups in total. The summed E-state index contributed by atoms with van der Waals surface area (Å²) >= 11 is 0. The largest absolute Gasteiger partial charge is 1.00 e. The molecule has 0 spiro atoms. The third-order valence-corrected chi connectivity index (χ3v) is 4.15. The summed E-state index contributed by atoms with van der Waals surface area (Å²) in [7, 11) is 0. The van der Waals surface area contributed by atoms with Crippen LogP contribution in [0.4, 0.5) is 0 Å². The Morgan fingerprint density at radius 2 is 1.45 bits per heavy atom. The van der Waals surface area contributed by atoms with Gasteiger partial charge in [0.15, 0.2) is 0 Å². The van der Waals surface area contributed by atoms with Crippen molar-refractivity contribution < 1.29 is 70.9 Å². The van der Waals surface area contributed by atoms with Crippen molar-refractivity contribution in [3.8, 4) is 0 Å². The van der Waals surface area contributed by atoms with Gasteiger partial charge in [0.05, 0.1) is 17.4 Å². The number of aromatic nitrogens is 2. The molecule has 8 heteroatoms. The summed E-state index contributed by atoms with van der Waals surface area (Å²) in [6.45, 7) is 0. The molecular weight excluding hydrogens is 397 g/mol. The van der Waals surface area contributed by atoms with Gasteiger partial charge < -0.3 is 14.7 Å². The van der Waals surface area contributed by atoms with Crippen LogP contribution in [0.25, 0.3) is 5.57 Å². The van der Waals surface area contributed by atoms with Crippen molar-refractivity contribution in [2.45, 2.75) is 0 Å². The molecule has 1 aromatic carbocycles. The van der Waals surface area contributed by atoms with Crippen LogP contribution in [-0.2, 0) is 9.63 Å². The Bertz CT molecular complexity index is 1070. The number of nitrogens with zero attached hydrogens (tertiary/aromatic N) is 3. The minimum Gasteiger partial charge on any atom is -0.545 e. The van der Waals surface area contributed by atoms with E-state index in [2.05, 4.69) is 15.1 Å². The minimum absolute atomic E-state index is 0. The summed E-state index contributed by atoms with van der Waals surface area (Å²) in [4.78, 5) is 37.2. The van der Waals surface area contributed by atoms with E-state index in [4.69, 9.17) is 4.84 Å². The maximum absolute atomic E-state index is 12.6. The van der Waals surface area contributed by atoms with E-state index in [0.717, 1.165) is 0 Å². The zero-order valence-corrected chi connectivity index (χ0v) is 18.5. The fraction of sp³-hybridized carbons (Fsp3) is 0. The van der Waals surface area contributed by atoms with Gasteiger partial charge in [-0.1, -0.05) is 41.6 Å². The Morgan fingerprint density at radius 3 is 1.93 bits per heavy atom. The summed E-state index contributed by atoms with van der Waals surface area (Å²) < 4.78 is 0. The van der Waals surface area contributed by atoms with E-state index in [0.29, 0.717) is 22.5 Å². The summed E-state index contributed by atoms with van der Waals surface area (Å²) in [5.41, 5.74) is 2.58. The maximum Gasteiger partial charge on any atom is 1.00 e. The molecule has 7 nitrogen and oxygen atoms in total. The van der Waals surface area contributed by atoms with Crippen LogP contribution in [0.15, 0.2) is 83.8 Å². The van der Waals surface area contributed by atoms with Crippen molar-refractivity contribution >= 4 is 23.2 Å². The van der Waals surface area contributed by atoms with E-state index < -0.39 is 11.9 Å². The minimum atomic E-state index is -1.29. The van der Waals surface area contributed by atoms with Crippen LogP contribution in [-0.4, -0.2) is 27.6 Å². The molecule has 3 heterocycles. The SMILES string of the molecule is O=C1ON=C(c2ccc(C(=O)[O-])cc2)C1=C(c1ccccn1)c1ccccn1.[K+]. The zero-order valence-electron chi connectivity index (χ0n) is 15.4. The number of hydrogen-bond donors (Lipinski definition) is 0. The molecule has 1 aliphatic heterocycles. The topological polar surface area (TPSA) is 105 Å². The van der Waals surface area contributed by atoms with Crippen LogP contribution in [0.1, 0.15) is 27.3 Å². The Morgan fingerprint density at radius 1 is 0.862 bits per heavy atom. The molecular formula is C21H12KN3O4. The number of carbonyl (C=O) groups excluding carboxylic acids is 2. The van der Waals surface area contributed by atoms with E-state index in [1.54, 1.807) is 60.9 Å². The smallest absolute Gasteiger partial charge is 0.545 e. The van der Waals surface area contributed by atoms with Gasteiger partial charge in [-0.15, -0.1) is 0 Å². The Kier molecular flexibility index (Phi) is 6.83. The van der Waals surface area contributed by atoms with Crippen molar-refractivity contribution in [2.24, 2.45) is 5.16 Å². The molecule has 3 aromatic rings. The summed E-state index contributed by atoms with van der Waals surface area (Å²) in [5, 5.41) is 14.9. The first-order valence-corrected chi connectivity index (χ1v) is 8.34. The number of rotatable bonds is 4. The van der Waals surface area contributed by atoms with Gasteiger partial charge >= 0.3 is 57.4 Å². The summed E-state index contributed by atoms with van der Waals surface area (Å²) in [6.07, 6.45) is 3.23. The van der Waals surface area contributed by atoms with Gasteiger partial charge in [0.25, 0.3) is 0 Å². The molecule has 0 saturated carbocycles. The van der Waals surface area contributed by atoms with Gasteiger partial charge in [0.2, 0.25) is 0 Å². The first kappa shape index (κ1) is 21.2. The molecule has 136 valence electrons. The average Bonchev–Trinajstić information content (AvgIpc) is 3.11. The zero-order chi connectivity index (χ0) is 19.5. The molecule has 0 bridgehead atoms. The molecule has 0 amide bonds. The monoisotopic (exact) mass is 409 g/mol. The van der Waals surface area contributed by atoms with E-state index in [9.17, 15) is 14.7 Å². The van der Waals surface area contributed by atoms with Gasteiger partial charge in [0, 0.05) is 23.5 Å². The number of carbonyl (C=O) groups is 2. The quantitative estimate of drug-likeness (QED) is 0.298. The van der Waals surface area contributed by atoms with Crippen LogP contribution < -0.4 is 56.5 Å². The number of oxime groups is 1. The number of carboxylic acids is 1. The van der Waals surface area contributed by atoms with Gasteiger partial charge in [-0.25, -0.2) is 4.79 Å². The second-order valence-electron chi connectivity index (χ2n) is 5.86. The Labute approximate surface area is 208 Å². The predicted octanol–water partition coefficient (Wildman–Crippen LogP) is -1.39. The van der Waals surface area contributed by atoms with E-state index in [1.165, 1.54) is 12.1 Å². The molecule has 0 unspecified atom stereocenters. The normalized spacial score (nSPS) is 12.6. The van der Waals surface area contributed by atoms with Gasteiger partial charge in [-0.3, -0.25) is 9.97 Å². The third-order valence-electron chi connectivity index (χ3n) is 4.15.